The summed E-state index contributed by atoms with van der Waals surface area (Å²) in [6.45, 7) is 1.75. The van der Waals surface area contributed by atoms with Crippen LogP contribution in [-0.2, 0) is 0 Å². The molecule has 0 radical (unpaired) electrons. The van der Waals surface area contributed by atoms with Gasteiger partial charge in [-0.25, -0.2) is 4.39 Å². The molecule has 0 aliphatic rings. The molecule has 0 heterocycles. The van der Waals surface area contributed by atoms with E-state index in [1.807, 2.05) is 6.07 Å². The Hall–Kier alpha value is -1.20. The third-order valence-corrected chi connectivity index (χ3v) is 3.76. The van der Waals surface area contributed by atoms with Crippen molar-refractivity contribution in [1.29, 1.82) is 0 Å². The van der Waals surface area contributed by atoms with E-state index in [2.05, 4.69) is 37.2 Å². The van der Waals surface area contributed by atoms with E-state index < -0.39 is 6.04 Å². The Morgan fingerprint density at radius 1 is 1.15 bits per heavy atom. The summed E-state index contributed by atoms with van der Waals surface area (Å²) in [4.78, 5) is 12.2. The normalized spacial score (nSPS) is 12.0. The van der Waals surface area contributed by atoms with E-state index in [4.69, 9.17) is 0 Å². The summed E-state index contributed by atoms with van der Waals surface area (Å²) in [5.41, 5.74) is 0.976. The van der Waals surface area contributed by atoms with Crippen molar-refractivity contribution in [2.24, 2.45) is 0 Å². The lowest BCUT2D eigenvalue weighted by Crippen LogP contribution is -2.27. The zero-order chi connectivity index (χ0) is 14.7. The van der Waals surface area contributed by atoms with Crippen LogP contribution in [0, 0.1) is 5.82 Å². The molecule has 1 atom stereocenters. The van der Waals surface area contributed by atoms with Crippen LogP contribution in [0.25, 0.3) is 0 Å². The van der Waals surface area contributed by atoms with E-state index in [0.29, 0.717) is 11.1 Å². The molecular weight excluding hydrogens is 389 g/mol. The van der Waals surface area contributed by atoms with Gasteiger partial charge in [0.1, 0.15) is 5.82 Å². The van der Waals surface area contributed by atoms with Crippen molar-refractivity contribution in [3.05, 3.63) is 68.4 Å². The second-order valence-electron chi connectivity index (χ2n) is 4.37. The average Bonchev–Trinajstić information content (AvgIpc) is 2.37. The summed E-state index contributed by atoms with van der Waals surface area (Å²) in [6.07, 6.45) is 0. The minimum Gasteiger partial charge on any atom is -0.345 e. The quantitative estimate of drug-likeness (QED) is 0.784. The van der Waals surface area contributed by atoms with Gasteiger partial charge in [0.05, 0.1) is 6.04 Å². The first-order valence-electron chi connectivity index (χ1n) is 5.99. The SMILES string of the molecule is CC(NC(=O)c1cc(Br)cc(Br)c1)c1ccccc1F. The minimum atomic E-state index is -0.401. The highest BCUT2D eigenvalue weighted by Gasteiger charge is 2.15. The molecular formula is C15H12Br2FNO. The highest BCUT2D eigenvalue weighted by Crippen LogP contribution is 2.21. The van der Waals surface area contributed by atoms with E-state index in [-0.39, 0.29) is 11.7 Å². The maximum absolute atomic E-state index is 13.7. The summed E-state index contributed by atoms with van der Waals surface area (Å²) in [7, 11) is 0. The van der Waals surface area contributed by atoms with Crippen molar-refractivity contribution in [3.63, 3.8) is 0 Å². The van der Waals surface area contributed by atoms with Crippen LogP contribution in [0.4, 0.5) is 4.39 Å². The number of nitrogens with one attached hydrogen (secondary N) is 1. The van der Waals surface area contributed by atoms with Crippen LogP contribution in [0.1, 0.15) is 28.9 Å². The molecule has 1 amide bonds. The average molecular weight is 401 g/mol. The fraction of sp³-hybridized carbons (Fsp3) is 0.133. The van der Waals surface area contributed by atoms with Crippen LogP contribution in [0.15, 0.2) is 51.4 Å². The molecule has 1 N–H and O–H groups in total. The predicted octanol–water partition coefficient (Wildman–Crippen LogP) is 4.84. The first kappa shape index (κ1) is 15.2. The predicted molar refractivity (Wildman–Crippen MR) is 84.1 cm³/mol. The van der Waals surface area contributed by atoms with Gasteiger partial charge < -0.3 is 5.32 Å². The Labute approximate surface area is 133 Å². The molecule has 0 aliphatic heterocycles. The van der Waals surface area contributed by atoms with Gasteiger partial charge in [0, 0.05) is 20.1 Å². The maximum Gasteiger partial charge on any atom is 0.251 e. The van der Waals surface area contributed by atoms with E-state index in [0.717, 1.165) is 8.95 Å². The molecule has 1 unspecified atom stereocenters. The monoisotopic (exact) mass is 399 g/mol. The lowest BCUT2D eigenvalue weighted by Gasteiger charge is -2.15. The molecule has 0 bridgehead atoms. The van der Waals surface area contributed by atoms with Gasteiger partial charge in [-0.15, -0.1) is 0 Å². The molecule has 0 saturated heterocycles. The third kappa shape index (κ3) is 3.67. The van der Waals surface area contributed by atoms with Gasteiger partial charge in [-0.3, -0.25) is 4.79 Å². The molecule has 2 aromatic carbocycles. The number of hydrogen-bond acceptors (Lipinski definition) is 1. The van der Waals surface area contributed by atoms with Gasteiger partial charge in [0.25, 0.3) is 5.91 Å². The van der Waals surface area contributed by atoms with E-state index >= 15 is 0 Å². The number of rotatable bonds is 3. The maximum atomic E-state index is 13.7. The lowest BCUT2D eigenvalue weighted by atomic mass is 10.1. The van der Waals surface area contributed by atoms with E-state index in [1.165, 1.54) is 6.07 Å². The second kappa shape index (κ2) is 6.50. The van der Waals surface area contributed by atoms with Crippen molar-refractivity contribution in [2.45, 2.75) is 13.0 Å². The fourth-order valence-corrected chi connectivity index (χ4v) is 3.16. The van der Waals surface area contributed by atoms with Gasteiger partial charge in [-0.05, 0) is 31.2 Å². The first-order valence-corrected chi connectivity index (χ1v) is 7.57. The molecule has 0 saturated carbocycles. The molecule has 20 heavy (non-hydrogen) atoms. The number of halogens is 3. The van der Waals surface area contributed by atoms with Crippen LogP contribution < -0.4 is 5.32 Å². The van der Waals surface area contributed by atoms with Crippen molar-refractivity contribution >= 4 is 37.8 Å². The van der Waals surface area contributed by atoms with E-state index in [9.17, 15) is 9.18 Å². The van der Waals surface area contributed by atoms with Crippen LogP contribution in [0.5, 0.6) is 0 Å². The van der Waals surface area contributed by atoms with Gasteiger partial charge in [0.2, 0.25) is 0 Å². The summed E-state index contributed by atoms with van der Waals surface area (Å²) >= 11 is 6.67. The number of carbonyl (C=O) groups excluding carboxylic acids is 1. The molecule has 2 nitrogen and oxygen atoms in total. The molecule has 2 rings (SSSR count). The zero-order valence-electron chi connectivity index (χ0n) is 10.7. The van der Waals surface area contributed by atoms with Crippen molar-refractivity contribution in [1.82, 2.24) is 5.32 Å². The van der Waals surface area contributed by atoms with E-state index in [1.54, 1.807) is 37.3 Å². The number of carbonyl (C=O) groups is 1. The van der Waals surface area contributed by atoms with Gasteiger partial charge in [-0.2, -0.15) is 0 Å². The van der Waals surface area contributed by atoms with Gasteiger partial charge in [-0.1, -0.05) is 50.1 Å². The molecule has 0 aliphatic carbocycles. The topological polar surface area (TPSA) is 29.1 Å². The smallest absolute Gasteiger partial charge is 0.251 e. The lowest BCUT2D eigenvalue weighted by molar-refractivity contribution is 0.0939. The van der Waals surface area contributed by atoms with Crippen molar-refractivity contribution < 1.29 is 9.18 Å². The largest absolute Gasteiger partial charge is 0.345 e. The molecule has 5 heteroatoms. The number of amides is 1. The Morgan fingerprint density at radius 2 is 1.75 bits per heavy atom. The number of benzene rings is 2. The highest BCUT2D eigenvalue weighted by molar-refractivity contribution is 9.11. The summed E-state index contributed by atoms with van der Waals surface area (Å²) in [5.74, 6) is -0.571. The Kier molecular flexibility index (Phi) is 4.94. The minimum absolute atomic E-state index is 0.247. The summed E-state index contributed by atoms with van der Waals surface area (Å²) in [6, 6.07) is 11.3. The summed E-state index contributed by atoms with van der Waals surface area (Å²) in [5, 5.41) is 2.79. The van der Waals surface area contributed by atoms with Gasteiger partial charge in [0.15, 0.2) is 0 Å². The molecule has 0 aromatic heterocycles. The first-order chi connectivity index (χ1) is 9.47. The summed E-state index contributed by atoms with van der Waals surface area (Å²) < 4.78 is 15.3. The van der Waals surface area contributed by atoms with Crippen LogP contribution in [0.2, 0.25) is 0 Å². The third-order valence-electron chi connectivity index (χ3n) is 2.84. The Balaban J connectivity index is 2.17. The molecule has 0 fully saturated rings. The molecule has 104 valence electrons. The van der Waals surface area contributed by atoms with Crippen LogP contribution in [0.3, 0.4) is 0 Å². The Bertz CT molecular complexity index is 625. The van der Waals surface area contributed by atoms with Crippen LogP contribution in [-0.4, -0.2) is 5.91 Å². The fourth-order valence-electron chi connectivity index (χ4n) is 1.87. The number of hydrogen-bond donors (Lipinski definition) is 1. The van der Waals surface area contributed by atoms with Crippen molar-refractivity contribution in [3.8, 4) is 0 Å². The Morgan fingerprint density at radius 3 is 2.35 bits per heavy atom. The zero-order valence-corrected chi connectivity index (χ0v) is 13.8. The van der Waals surface area contributed by atoms with Crippen molar-refractivity contribution in [2.75, 3.05) is 0 Å². The van der Waals surface area contributed by atoms with Gasteiger partial charge >= 0.3 is 0 Å². The molecule has 2 aromatic rings. The van der Waals surface area contributed by atoms with Crippen LogP contribution >= 0.6 is 31.9 Å². The second-order valence-corrected chi connectivity index (χ2v) is 6.21. The molecule has 0 spiro atoms. The standard InChI is InChI=1S/C15H12Br2FNO/c1-9(13-4-2-3-5-14(13)18)19-15(20)10-6-11(16)8-12(17)7-10/h2-9H,1H3,(H,19,20). The highest BCUT2D eigenvalue weighted by atomic mass is 79.9.